The first-order valence-corrected chi connectivity index (χ1v) is 2.41. The molecule has 0 unspecified atom stereocenters. The third-order valence-corrected chi connectivity index (χ3v) is 0.648. The van der Waals surface area contributed by atoms with Gasteiger partial charge in [0.05, 0.1) is 6.21 Å². The van der Waals surface area contributed by atoms with E-state index in [0.29, 0.717) is 5.82 Å². The van der Waals surface area contributed by atoms with Gasteiger partial charge in [0.1, 0.15) is 11.7 Å². The predicted molar refractivity (Wildman–Crippen MR) is 38.6 cm³/mol. The summed E-state index contributed by atoms with van der Waals surface area (Å²) in [5, 5.41) is 9.40. The summed E-state index contributed by atoms with van der Waals surface area (Å²) >= 11 is 0. The van der Waals surface area contributed by atoms with Crippen LogP contribution in [0.1, 0.15) is 0 Å². The van der Waals surface area contributed by atoms with Crippen LogP contribution in [0.3, 0.4) is 0 Å². The van der Waals surface area contributed by atoms with Gasteiger partial charge in [-0.05, 0) is 0 Å². The summed E-state index contributed by atoms with van der Waals surface area (Å²) in [6, 6.07) is 0. The Balaban J connectivity index is 3.71. The van der Waals surface area contributed by atoms with Crippen LogP contribution in [-0.2, 0) is 0 Å². The Hall–Kier alpha value is -1.32. The molecule has 0 aliphatic heterocycles. The van der Waals surface area contributed by atoms with Crippen molar-refractivity contribution in [3.05, 3.63) is 12.4 Å². The molecule has 0 aromatic rings. The SMILES string of the molecule is C=C(/N=C\C(=N)N)NC. The second-order valence-corrected chi connectivity index (χ2v) is 1.41. The molecule has 0 bridgehead atoms. The lowest BCUT2D eigenvalue weighted by Crippen LogP contribution is -2.12. The highest BCUT2D eigenvalue weighted by atomic mass is 15.0. The molecule has 0 rings (SSSR count). The average molecular weight is 126 g/mol. The van der Waals surface area contributed by atoms with Crippen LogP contribution >= 0.6 is 0 Å². The minimum Gasteiger partial charge on any atom is -0.383 e. The van der Waals surface area contributed by atoms with Crippen LogP contribution in [0, 0.1) is 5.41 Å². The molecule has 4 N–H and O–H groups in total. The minimum atomic E-state index is -0.0774. The molecule has 9 heavy (non-hydrogen) atoms. The zero-order chi connectivity index (χ0) is 7.28. The topological polar surface area (TPSA) is 74.3 Å². The number of nitrogens with zero attached hydrogens (tertiary/aromatic N) is 1. The molecule has 50 valence electrons. The van der Waals surface area contributed by atoms with Crippen LogP contribution in [0.2, 0.25) is 0 Å². The molecule has 0 radical (unpaired) electrons. The molecule has 0 saturated carbocycles. The molecule has 4 nitrogen and oxygen atoms in total. The Morgan fingerprint density at radius 1 is 1.89 bits per heavy atom. The van der Waals surface area contributed by atoms with Crippen molar-refractivity contribution >= 4 is 12.1 Å². The van der Waals surface area contributed by atoms with Crippen LogP contribution in [-0.4, -0.2) is 19.1 Å². The molecule has 0 aliphatic rings. The number of nitrogens with one attached hydrogen (secondary N) is 2. The van der Waals surface area contributed by atoms with Gasteiger partial charge in [0.25, 0.3) is 0 Å². The highest BCUT2D eigenvalue weighted by Gasteiger charge is 1.80. The van der Waals surface area contributed by atoms with Crippen molar-refractivity contribution in [2.75, 3.05) is 7.05 Å². The van der Waals surface area contributed by atoms with Gasteiger partial charge in [-0.3, -0.25) is 5.41 Å². The third kappa shape index (κ3) is 4.53. The quantitative estimate of drug-likeness (QED) is 0.358. The van der Waals surface area contributed by atoms with E-state index in [1.165, 1.54) is 6.21 Å². The van der Waals surface area contributed by atoms with Crippen LogP contribution in [0.15, 0.2) is 17.4 Å². The monoisotopic (exact) mass is 126 g/mol. The number of nitrogens with two attached hydrogens (primary N) is 1. The maximum Gasteiger partial charge on any atom is 0.134 e. The molecular weight excluding hydrogens is 116 g/mol. The second kappa shape index (κ2) is 3.65. The van der Waals surface area contributed by atoms with E-state index in [-0.39, 0.29) is 5.84 Å². The normalized spacial score (nSPS) is 9.44. The summed E-state index contributed by atoms with van der Waals surface area (Å²) < 4.78 is 0. The van der Waals surface area contributed by atoms with Crippen LogP contribution in [0.5, 0.6) is 0 Å². The highest BCUT2D eigenvalue weighted by Crippen LogP contribution is 1.78. The van der Waals surface area contributed by atoms with Crippen molar-refractivity contribution in [1.29, 1.82) is 5.41 Å². The number of hydrogen-bond acceptors (Lipinski definition) is 3. The molecule has 0 amide bonds. The van der Waals surface area contributed by atoms with E-state index in [9.17, 15) is 0 Å². The van der Waals surface area contributed by atoms with Crippen LogP contribution < -0.4 is 11.1 Å². The Kier molecular flexibility index (Phi) is 3.12. The molecule has 0 aromatic carbocycles. The fourth-order valence-corrected chi connectivity index (χ4v) is 0.212. The van der Waals surface area contributed by atoms with Gasteiger partial charge in [-0.1, -0.05) is 6.58 Å². The third-order valence-electron chi connectivity index (χ3n) is 0.648. The Morgan fingerprint density at radius 2 is 2.44 bits per heavy atom. The van der Waals surface area contributed by atoms with E-state index in [0.717, 1.165) is 0 Å². The number of amidine groups is 1. The van der Waals surface area contributed by atoms with Gasteiger partial charge in [-0.25, -0.2) is 4.99 Å². The maximum atomic E-state index is 6.72. The molecular formula is C5H10N4. The van der Waals surface area contributed by atoms with Gasteiger partial charge in [-0.2, -0.15) is 0 Å². The summed E-state index contributed by atoms with van der Waals surface area (Å²) in [4.78, 5) is 3.66. The van der Waals surface area contributed by atoms with Crippen molar-refractivity contribution in [1.82, 2.24) is 5.32 Å². The second-order valence-electron chi connectivity index (χ2n) is 1.41. The molecule has 0 saturated heterocycles. The summed E-state index contributed by atoms with van der Waals surface area (Å²) in [5.41, 5.74) is 4.96. The van der Waals surface area contributed by atoms with E-state index < -0.39 is 0 Å². The van der Waals surface area contributed by atoms with Gasteiger partial charge in [0, 0.05) is 7.05 Å². The molecule has 0 heterocycles. The predicted octanol–water partition coefficient (Wildman–Crippen LogP) is -0.316. The van der Waals surface area contributed by atoms with Crippen LogP contribution in [0.4, 0.5) is 0 Å². The van der Waals surface area contributed by atoms with Gasteiger partial charge in [0.15, 0.2) is 0 Å². The molecule has 0 spiro atoms. The zero-order valence-corrected chi connectivity index (χ0v) is 5.31. The summed E-state index contributed by atoms with van der Waals surface area (Å²) in [7, 11) is 1.69. The standard InChI is InChI=1S/C5H10N4/c1-4(8-2)9-3-5(6)7/h3,8H,1H2,2H3,(H3,6,7)/b9-3-. The maximum absolute atomic E-state index is 6.72. The molecule has 0 atom stereocenters. The smallest absolute Gasteiger partial charge is 0.134 e. The first-order valence-electron chi connectivity index (χ1n) is 2.41. The first-order chi connectivity index (χ1) is 4.16. The molecule has 0 fully saturated rings. The van der Waals surface area contributed by atoms with Crippen molar-refractivity contribution in [2.24, 2.45) is 10.7 Å². The van der Waals surface area contributed by atoms with Gasteiger partial charge >= 0.3 is 0 Å². The van der Waals surface area contributed by atoms with E-state index in [2.05, 4.69) is 16.9 Å². The lowest BCUT2D eigenvalue weighted by Gasteiger charge is -1.93. The average Bonchev–Trinajstić information content (AvgIpc) is 1.83. The molecule has 0 aliphatic carbocycles. The molecule has 4 heteroatoms. The summed E-state index contributed by atoms with van der Waals surface area (Å²) in [6.45, 7) is 3.48. The lowest BCUT2D eigenvalue weighted by atomic mass is 10.6. The van der Waals surface area contributed by atoms with Crippen molar-refractivity contribution in [2.45, 2.75) is 0 Å². The largest absolute Gasteiger partial charge is 0.383 e. The van der Waals surface area contributed by atoms with Gasteiger partial charge in [0.2, 0.25) is 0 Å². The van der Waals surface area contributed by atoms with E-state index >= 15 is 0 Å². The van der Waals surface area contributed by atoms with Crippen LogP contribution in [0.25, 0.3) is 0 Å². The van der Waals surface area contributed by atoms with E-state index in [1.807, 2.05) is 0 Å². The van der Waals surface area contributed by atoms with E-state index in [1.54, 1.807) is 7.05 Å². The fourth-order valence-electron chi connectivity index (χ4n) is 0.212. The number of rotatable bonds is 3. The van der Waals surface area contributed by atoms with E-state index in [4.69, 9.17) is 11.1 Å². The van der Waals surface area contributed by atoms with Gasteiger partial charge < -0.3 is 11.1 Å². The molecule has 0 aromatic heterocycles. The Morgan fingerprint density at radius 3 is 2.78 bits per heavy atom. The van der Waals surface area contributed by atoms with Crippen molar-refractivity contribution < 1.29 is 0 Å². The highest BCUT2D eigenvalue weighted by molar-refractivity contribution is 6.27. The zero-order valence-electron chi connectivity index (χ0n) is 5.31. The number of aliphatic imine (C=N–C) groups is 1. The van der Waals surface area contributed by atoms with Crippen molar-refractivity contribution in [3.63, 3.8) is 0 Å². The lowest BCUT2D eigenvalue weighted by molar-refractivity contribution is 0.977. The first kappa shape index (κ1) is 7.68. The summed E-state index contributed by atoms with van der Waals surface area (Å²) in [6.07, 6.45) is 1.22. The van der Waals surface area contributed by atoms with Crippen molar-refractivity contribution in [3.8, 4) is 0 Å². The van der Waals surface area contributed by atoms with Gasteiger partial charge in [-0.15, -0.1) is 0 Å². The minimum absolute atomic E-state index is 0.0774. The fraction of sp³-hybridized carbons (Fsp3) is 0.200. The Labute approximate surface area is 54.0 Å². The summed E-state index contributed by atoms with van der Waals surface area (Å²) in [5.74, 6) is 0.414. The number of hydrogen-bond donors (Lipinski definition) is 3. The Bertz CT molecular complexity index is 147.